The zero-order chi connectivity index (χ0) is 25.0. The lowest BCUT2D eigenvalue weighted by Crippen LogP contribution is -2.32. The molecule has 0 bridgehead atoms. The Morgan fingerprint density at radius 2 is 1.39 bits per heavy atom. The summed E-state index contributed by atoms with van der Waals surface area (Å²) < 4.78 is 22.3. The van der Waals surface area contributed by atoms with E-state index >= 15 is 0 Å². The van der Waals surface area contributed by atoms with Crippen LogP contribution in [0.15, 0.2) is 91.0 Å². The number of aromatic nitrogens is 2. The summed E-state index contributed by atoms with van der Waals surface area (Å²) in [6, 6.07) is 27.8. The maximum Gasteiger partial charge on any atom is 0.258 e. The van der Waals surface area contributed by atoms with Crippen LogP contribution in [-0.4, -0.2) is 42.5 Å². The Labute approximate surface area is 209 Å². The van der Waals surface area contributed by atoms with E-state index < -0.39 is 0 Å². The van der Waals surface area contributed by atoms with Gasteiger partial charge in [0, 0.05) is 11.6 Å². The topological polar surface area (TPSA) is 91.8 Å². The maximum atomic E-state index is 12.0. The first kappa shape index (κ1) is 24.5. The fraction of sp³-hybridized carbons (Fsp3) is 0.179. The van der Waals surface area contributed by atoms with E-state index in [4.69, 9.17) is 18.9 Å². The minimum atomic E-state index is -0.250. The van der Waals surface area contributed by atoms with E-state index in [1.165, 1.54) is 0 Å². The van der Waals surface area contributed by atoms with Gasteiger partial charge >= 0.3 is 0 Å². The van der Waals surface area contributed by atoms with Crippen LogP contribution in [-0.2, 0) is 4.79 Å². The molecule has 0 saturated carbocycles. The molecule has 0 atom stereocenters. The summed E-state index contributed by atoms with van der Waals surface area (Å²) in [5.74, 6) is 2.96. The van der Waals surface area contributed by atoms with Gasteiger partial charge in [0.2, 0.25) is 5.88 Å². The van der Waals surface area contributed by atoms with E-state index in [-0.39, 0.29) is 19.1 Å². The van der Waals surface area contributed by atoms with E-state index in [1.807, 2.05) is 67.6 Å². The van der Waals surface area contributed by atoms with Gasteiger partial charge in [0.1, 0.15) is 29.6 Å². The van der Waals surface area contributed by atoms with Crippen molar-refractivity contribution >= 4 is 5.91 Å². The Hall–Kier alpha value is -4.59. The van der Waals surface area contributed by atoms with Crippen LogP contribution in [0.2, 0.25) is 0 Å². The molecule has 0 fully saturated rings. The van der Waals surface area contributed by atoms with Crippen molar-refractivity contribution in [1.29, 1.82) is 0 Å². The predicted octanol–water partition coefficient (Wildman–Crippen LogP) is 4.91. The average Bonchev–Trinajstić information content (AvgIpc) is 2.92. The summed E-state index contributed by atoms with van der Waals surface area (Å²) in [6.07, 6.45) is 0. The second kappa shape index (κ2) is 12.8. The van der Waals surface area contributed by atoms with Crippen molar-refractivity contribution in [2.75, 3.05) is 26.4 Å². The van der Waals surface area contributed by atoms with Gasteiger partial charge < -0.3 is 24.3 Å². The van der Waals surface area contributed by atoms with Crippen LogP contribution in [0.3, 0.4) is 0 Å². The van der Waals surface area contributed by atoms with Gasteiger partial charge in [-0.1, -0.05) is 18.2 Å². The van der Waals surface area contributed by atoms with Crippen molar-refractivity contribution in [3.05, 3.63) is 91.0 Å². The molecular weight excluding hydrogens is 458 g/mol. The van der Waals surface area contributed by atoms with E-state index in [1.54, 1.807) is 30.3 Å². The average molecular weight is 486 g/mol. The van der Waals surface area contributed by atoms with Gasteiger partial charge in [0.15, 0.2) is 6.61 Å². The Bertz CT molecular complexity index is 1220. The lowest BCUT2D eigenvalue weighted by molar-refractivity contribution is -0.123. The number of amides is 1. The number of ether oxygens (including phenoxy) is 4. The number of para-hydroxylation sites is 1. The molecule has 0 aliphatic heterocycles. The molecule has 4 rings (SSSR count). The molecule has 0 aliphatic carbocycles. The first-order valence-electron chi connectivity index (χ1n) is 11.6. The smallest absolute Gasteiger partial charge is 0.258 e. The van der Waals surface area contributed by atoms with Crippen LogP contribution in [0, 0.1) is 0 Å². The number of hydrogen-bond acceptors (Lipinski definition) is 7. The monoisotopic (exact) mass is 485 g/mol. The van der Waals surface area contributed by atoms with Gasteiger partial charge in [-0.15, -0.1) is 10.2 Å². The quantitative estimate of drug-likeness (QED) is 0.285. The fourth-order valence-electron chi connectivity index (χ4n) is 3.21. The van der Waals surface area contributed by atoms with Gasteiger partial charge in [0.05, 0.1) is 18.8 Å². The lowest BCUT2D eigenvalue weighted by atomic mass is 10.1. The molecule has 1 amide bonds. The van der Waals surface area contributed by atoms with Crippen LogP contribution in [0.4, 0.5) is 0 Å². The van der Waals surface area contributed by atoms with Gasteiger partial charge in [0.25, 0.3) is 5.91 Å². The van der Waals surface area contributed by atoms with Crippen LogP contribution >= 0.6 is 0 Å². The van der Waals surface area contributed by atoms with Gasteiger partial charge in [-0.05, 0) is 73.7 Å². The van der Waals surface area contributed by atoms with E-state index in [0.717, 1.165) is 22.8 Å². The molecule has 184 valence electrons. The second-order valence-electron chi connectivity index (χ2n) is 7.59. The Morgan fingerprint density at radius 1 is 0.722 bits per heavy atom. The predicted molar refractivity (Wildman–Crippen MR) is 136 cm³/mol. The van der Waals surface area contributed by atoms with Crippen LogP contribution in [0.5, 0.6) is 28.9 Å². The largest absolute Gasteiger partial charge is 0.494 e. The van der Waals surface area contributed by atoms with Gasteiger partial charge in [-0.25, -0.2) is 0 Å². The van der Waals surface area contributed by atoms with E-state index in [0.29, 0.717) is 30.5 Å². The molecule has 4 aromatic rings. The highest BCUT2D eigenvalue weighted by Crippen LogP contribution is 2.24. The summed E-state index contributed by atoms with van der Waals surface area (Å²) in [5.41, 5.74) is 1.67. The molecular formula is C28H27N3O5. The minimum Gasteiger partial charge on any atom is -0.494 e. The molecule has 0 radical (unpaired) electrons. The zero-order valence-electron chi connectivity index (χ0n) is 19.9. The second-order valence-corrected chi connectivity index (χ2v) is 7.59. The number of nitrogens with one attached hydrogen (secondary N) is 1. The molecule has 36 heavy (non-hydrogen) atoms. The Balaban J connectivity index is 1.13. The van der Waals surface area contributed by atoms with Crippen molar-refractivity contribution in [3.63, 3.8) is 0 Å². The molecule has 3 aromatic carbocycles. The highest BCUT2D eigenvalue weighted by atomic mass is 16.5. The Morgan fingerprint density at radius 3 is 2.08 bits per heavy atom. The zero-order valence-corrected chi connectivity index (χ0v) is 19.9. The maximum absolute atomic E-state index is 12.0. The molecule has 0 aliphatic rings. The molecule has 1 aromatic heterocycles. The molecule has 0 unspecified atom stereocenters. The summed E-state index contributed by atoms with van der Waals surface area (Å²) in [4.78, 5) is 12.0. The third-order valence-electron chi connectivity index (χ3n) is 4.95. The van der Waals surface area contributed by atoms with Crippen molar-refractivity contribution in [1.82, 2.24) is 15.5 Å². The molecule has 1 N–H and O–H groups in total. The third kappa shape index (κ3) is 7.46. The number of nitrogens with zero attached hydrogens (tertiary/aromatic N) is 2. The highest BCUT2D eigenvalue weighted by molar-refractivity contribution is 5.77. The summed E-state index contributed by atoms with van der Waals surface area (Å²) >= 11 is 0. The van der Waals surface area contributed by atoms with Crippen LogP contribution in [0.1, 0.15) is 6.92 Å². The number of hydrogen-bond donors (Lipinski definition) is 1. The van der Waals surface area contributed by atoms with Crippen molar-refractivity contribution < 1.29 is 23.7 Å². The number of carbonyl (C=O) groups excluding carboxylic acids is 1. The van der Waals surface area contributed by atoms with Crippen LogP contribution < -0.4 is 24.3 Å². The van der Waals surface area contributed by atoms with Gasteiger partial charge in [-0.2, -0.15) is 0 Å². The first-order valence-corrected chi connectivity index (χ1v) is 11.6. The standard InChI is InChI=1S/C28H27N3O5/c1-2-33-22-10-8-21(9-11-22)26-16-17-28(31-30-26)34-19-18-29-27(32)20-35-23-12-14-25(15-13-23)36-24-6-4-3-5-7-24/h3-17H,2,18-20H2,1H3,(H,29,32). The summed E-state index contributed by atoms with van der Waals surface area (Å²) in [5, 5.41) is 11.0. The van der Waals surface area contributed by atoms with Crippen LogP contribution in [0.25, 0.3) is 11.3 Å². The molecule has 0 saturated heterocycles. The highest BCUT2D eigenvalue weighted by Gasteiger charge is 2.05. The molecule has 8 heteroatoms. The SMILES string of the molecule is CCOc1ccc(-c2ccc(OCCNC(=O)COc3ccc(Oc4ccccc4)cc3)nn2)cc1. The molecule has 8 nitrogen and oxygen atoms in total. The third-order valence-corrected chi connectivity index (χ3v) is 4.95. The van der Waals surface area contributed by atoms with Gasteiger partial charge in [-0.3, -0.25) is 4.79 Å². The number of rotatable bonds is 12. The van der Waals surface area contributed by atoms with E-state index in [2.05, 4.69) is 15.5 Å². The lowest BCUT2D eigenvalue weighted by Gasteiger charge is -2.10. The van der Waals surface area contributed by atoms with Crippen molar-refractivity contribution in [2.24, 2.45) is 0 Å². The summed E-state index contributed by atoms with van der Waals surface area (Å²) in [6.45, 7) is 3.04. The van der Waals surface area contributed by atoms with Crippen molar-refractivity contribution in [2.45, 2.75) is 6.92 Å². The van der Waals surface area contributed by atoms with E-state index in [9.17, 15) is 4.79 Å². The fourth-order valence-corrected chi connectivity index (χ4v) is 3.21. The summed E-state index contributed by atoms with van der Waals surface area (Å²) in [7, 11) is 0. The number of benzene rings is 3. The first-order chi connectivity index (χ1) is 17.7. The Kier molecular flexibility index (Phi) is 8.69. The normalized spacial score (nSPS) is 10.4. The van der Waals surface area contributed by atoms with Crippen molar-refractivity contribution in [3.8, 4) is 40.1 Å². The minimum absolute atomic E-state index is 0.102. The number of carbonyl (C=O) groups is 1. The molecule has 0 spiro atoms. The molecule has 1 heterocycles.